The van der Waals surface area contributed by atoms with Crippen molar-refractivity contribution in [2.45, 2.75) is 12.5 Å². The number of rotatable bonds is 8. The Balaban J connectivity index is 1.69. The number of nitrogens with one attached hydrogen (secondary N) is 1. The molecular formula is C27H20ClN3O5. The molecule has 0 saturated heterocycles. The van der Waals surface area contributed by atoms with E-state index in [9.17, 15) is 19.2 Å². The molecule has 1 heterocycles. The topological polar surface area (TPSA) is 118 Å². The number of amides is 1. The molecule has 0 fully saturated rings. The molecule has 1 unspecified atom stereocenters. The number of hydrogen-bond acceptors (Lipinski definition) is 5. The molecule has 180 valence electrons. The Bertz CT molecular complexity index is 1480. The average Bonchev–Trinajstić information content (AvgIpc) is 2.88. The van der Waals surface area contributed by atoms with Crippen molar-refractivity contribution in [1.29, 1.82) is 0 Å². The summed E-state index contributed by atoms with van der Waals surface area (Å²) < 4.78 is 1.09. The Hall–Kier alpha value is -4.56. The van der Waals surface area contributed by atoms with Crippen LogP contribution in [0.3, 0.4) is 0 Å². The summed E-state index contributed by atoms with van der Waals surface area (Å²) in [4.78, 5) is 49.0. The van der Waals surface area contributed by atoms with Crippen molar-refractivity contribution in [1.82, 2.24) is 9.78 Å². The van der Waals surface area contributed by atoms with Gasteiger partial charge < -0.3 is 10.4 Å². The first-order valence-electron chi connectivity index (χ1n) is 10.9. The second-order valence-electron chi connectivity index (χ2n) is 7.95. The van der Waals surface area contributed by atoms with Crippen LogP contribution in [0.25, 0.3) is 11.1 Å². The zero-order valence-electron chi connectivity index (χ0n) is 18.8. The molecule has 0 aliphatic carbocycles. The van der Waals surface area contributed by atoms with Crippen LogP contribution in [0.2, 0.25) is 5.02 Å². The van der Waals surface area contributed by atoms with Gasteiger partial charge in [-0.15, -0.1) is 0 Å². The van der Waals surface area contributed by atoms with E-state index in [2.05, 4.69) is 10.4 Å². The first-order valence-corrected chi connectivity index (χ1v) is 11.3. The van der Waals surface area contributed by atoms with E-state index in [0.717, 1.165) is 10.2 Å². The molecule has 2 N–H and O–H groups in total. The van der Waals surface area contributed by atoms with Crippen molar-refractivity contribution in [2.75, 3.05) is 5.32 Å². The van der Waals surface area contributed by atoms with Crippen molar-refractivity contribution in [2.24, 2.45) is 0 Å². The molecule has 4 aromatic rings. The van der Waals surface area contributed by atoms with Crippen LogP contribution >= 0.6 is 11.6 Å². The highest BCUT2D eigenvalue weighted by Gasteiger charge is 2.24. The predicted molar refractivity (Wildman–Crippen MR) is 136 cm³/mol. The summed E-state index contributed by atoms with van der Waals surface area (Å²) in [5, 5.41) is 16.5. The second kappa shape index (κ2) is 10.8. The molecule has 8 nitrogen and oxygen atoms in total. The summed E-state index contributed by atoms with van der Waals surface area (Å²) >= 11 is 6.08. The fraction of sp³-hybridized carbons (Fsp3) is 0.0741. The van der Waals surface area contributed by atoms with Gasteiger partial charge in [0.2, 0.25) is 5.91 Å². The molecule has 4 rings (SSSR count). The summed E-state index contributed by atoms with van der Waals surface area (Å²) in [6, 6.07) is 19.9. The maximum absolute atomic E-state index is 13.3. The third-order valence-corrected chi connectivity index (χ3v) is 5.78. The van der Waals surface area contributed by atoms with Crippen LogP contribution in [0.4, 0.5) is 5.69 Å². The van der Waals surface area contributed by atoms with E-state index in [0.29, 0.717) is 33.7 Å². The van der Waals surface area contributed by atoms with Crippen molar-refractivity contribution < 1.29 is 19.5 Å². The van der Waals surface area contributed by atoms with E-state index in [4.69, 9.17) is 16.7 Å². The highest BCUT2D eigenvalue weighted by Crippen LogP contribution is 2.25. The van der Waals surface area contributed by atoms with Crippen LogP contribution in [-0.2, 0) is 11.2 Å². The number of aldehydes is 1. The van der Waals surface area contributed by atoms with E-state index in [1.807, 2.05) is 30.3 Å². The molecule has 0 spiro atoms. The molecule has 1 amide bonds. The minimum Gasteiger partial charge on any atom is -0.478 e. The molecule has 0 radical (unpaired) electrons. The Morgan fingerprint density at radius 1 is 1.03 bits per heavy atom. The molecular weight excluding hydrogens is 482 g/mol. The lowest BCUT2D eigenvalue weighted by molar-refractivity contribution is -0.119. The van der Waals surface area contributed by atoms with Crippen molar-refractivity contribution >= 4 is 35.5 Å². The van der Waals surface area contributed by atoms with Gasteiger partial charge in [0, 0.05) is 34.3 Å². The van der Waals surface area contributed by atoms with Gasteiger partial charge in [0.25, 0.3) is 5.56 Å². The number of carboxylic acid groups (broad SMARTS) is 1. The number of aromatic carboxylic acids is 1. The Labute approximate surface area is 210 Å². The molecule has 0 bridgehead atoms. The number of hydrogen-bond donors (Lipinski definition) is 2. The number of carbonyl (C=O) groups excluding carboxylic acids is 2. The fourth-order valence-corrected chi connectivity index (χ4v) is 3.90. The van der Waals surface area contributed by atoms with Crippen LogP contribution in [-0.4, -0.2) is 33.0 Å². The number of anilines is 1. The Morgan fingerprint density at radius 3 is 2.39 bits per heavy atom. The number of nitrogens with zero attached hydrogens (tertiary/aromatic N) is 2. The lowest BCUT2D eigenvalue weighted by atomic mass is 10.0. The molecule has 0 aliphatic heterocycles. The van der Waals surface area contributed by atoms with E-state index < -0.39 is 23.5 Å². The highest BCUT2D eigenvalue weighted by molar-refractivity contribution is 6.31. The minimum atomic E-state index is -1.08. The van der Waals surface area contributed by atoms with Crippen LogP contribution < -0.4 is 10.9 Å². The minimum absolute atomic E-state index is 0.0815. The summed E-state index contributed by atoms with van der Waals surface area (Å²) in [7, 11) is 0. The monoisotopic (exact) mass is 501 g/mol. The van der Waals surface area contributed by atoms with E-state index in [-0.39, 0.29) is 12.0 Å². The normalized spacial score (nSPS) is 11.5. The van der Waals surface area contributed by atoms with Gasteiger partial charge in [-0.3, -0.25) is 14.4 Å². The Kier molecular flexibility index (Phi) is 7.36. The molecule has 1 aromatic heterocycles. The van der Waals surface area contributed by atoms with Crippen molar-refractivity contribution in [3.8, 4) is 11.1 Å². The number of carbonyl (C=O) groups is 3. The average molecular weight is 502 g/mol. The van der Waals surface area contributed by atoms with Crippen LogP contribution in [0.1, 0.15) is 32.3 Å². The number of carboxylic acids is 1. The third-order valence-electron chi connectivity index (χ3n) is 5.55. The second-order valence-corrected chi connectivity index (χ2v) is 8.39. The molecule has 1 atom stereocenters. The highest BCUT2D eigenvalue weighted by atomic mass is 35.5. The van der Waals surface area contributed by atoms with Gasteiger partial charge in [-0.2, -0.15) is 5.10 Å². The van der Waals surface area contributed by atoms with Gasteiger partial charge in [0.15, 0.2) is 6.29 Å². The SMILES string of the molecule is O=Cc1ccc(Cl)cc1-c1cnn(C(Cc2ccccc2)C(=O)Nc2ccc(C(=O)O)cc2)c(=O)c1. The largest absolute Gasteiger partial charge is 0.478 e. The number of halogens is 1. The van der Waals surface area contributed by atoms with Gasteiger partial charge in [-0.1, -0.05) is 41.9 Å². The lowest BCUT2D eigenvalue weighted by Gasteiger charge is -2.19. The number of benzene rings is 3. The lowest BCUT2D eigenvalue weighted by Crippen LogP contribution is -2.36. The van der Waals surface area contributed by atoms with E-state index >= 15 is 0 Å². The zero-order chi connectivity index (χ0) is 25.7. The van der Waals surface area contributed by atoms with Crippen molar-refractivity contribution in [3.05, 3.63) is 117 Å². The maximum atomic E-state index is 13.3. The van der Waals surface area contributed by atoms with Gasteiger partial charge in [-0.05, 0) is 53.6 Å². The zero-order valence-corrected chi connectivity index (χ0v) is 19.6. The molecule has 36 heavy (non-hydrogen) atoms. The quantitative estimate of drug-likeness (QED) is 0.343. The molecule has 0 saturated carbocycles. The number of aromatic nitrogens is 2. The van der Waals surface area contributed by atoms with E-state index in [1.54, 1.807) is 18.2 Å². The summed E-state index contributed by atoms with van der Waals surface area (Å²) in [5.41, 5.74) is 1.93. The first kappa shape index (κ1) is 24.6. The summed E-state index contributed by atoms with van der Waals surface area (Å²) in [6.07, 6.45) is 2.26. The summed E-state index contributed by atoms with van der Waals surface area (Å²) in [6.45, 7) is 0. The van der Waals surface area contributed by atoms with Crippen LogP contribution in [0.5, 0.6) is 0 Å². The maximum Gasteiger partial charge on any atom is 0.335 e. The standard InChI is InChI=1S/C27H20ClN3O5/c28-21-9-6-19(16-32)23(14-21)20-13-25(33)31(29-15-20)24(12-17-4-2-1-3-5-17)26(34)30-22-10-7-18(8-11-22)27(35)36/h1-11,13-16,24H,12H2,(H,30,34)(H,35,36). The predicted octanol–water partition coefficient (Wildman–Crippen LogP) is 4.50. The molecule has 0 aliphatic rings. The smallest absolute Gasteiger partial charge is 0.335 e. The molecule has 9 heteroatoms. The van der Waals surface area contributed by atoms with Gasteiger partial charge in [-0.25, -0.2) is 9.48 Å². The Morgan fingerprint density at radius 2 is 1.75 bits per heavy atom. The van der Waals surface area contributed by atoms with Gasteiger partial charge >= 0.3 is 5.97 Å². The van der Waals surface area contributed by atoms with Crippen molar-refractivity contribution in [3.63, 3.8) is 0 Å². The summed E-state index contributed by atoms with van der Waals surface area (Å²) in [5.74, 6) is -1.58. The molecule has 3 aromatic carbocycles. The van der Waals surface area contributed by atoms with E-state index in [1.165, 1.54) is 36.5 Å². The van der Waals surface area contributed by atoms with Gasteiger partial charge in [0.05, 0.1) is 11.8 Å². The fourth-order valence-electron chi connectivity index (χ4n) is 3.73. The van der Waals surface area contributed by atoms with Crippen LogP contribution in [0, 0.1) is 0 Å². The first-order chi connectivity index (χ1) is 17.4. The van der Waals surface area contributed by atoms with Crippen LogP contribution in [0.15, 0.2) is 89.9 Å². The van der Waals surface area contributed by atoms with Gasteiger partial charge in [0.1, 0.15) is 6.04 Å². The third kappa shape index (κ3) is 5.56.